The Morgan fingerprint density at radius 2 is 1.83 bits per heavy atom. The fraction of sp³-hybridized carbons (Fsp3) is 0.458. The average Bonchev–Trinajstić information content (AvgIpc) is 3.30. The van der Waals surface area contributed by atoms with Crippen molar-refractivity contribution in [2.75, 3.05) is 20.8 Å². The molecule has 2 aromatic rings. The Balaban J connectivity index is 1.52. The molecule has 0 aliphatic carbocycles. The van der Waals surface area contributed by atoms with Crippen LogP contribution in [0.3, 0.4) is 0 Å². The molecule has 2 aromatic carbocycles. The maximum Gasteiger partial charge on any atom is 0.227 e. The van der Waals surface area contributed by atoms with Gasteiger partial charge in [-0.15, -0.1) is 0 Å². The van der Waals surface area contributed by atoms with Crippen LogP contribution in [-0.4, -0.2) is 48.8 Å². The van der Waals surface area contributed by atoms with Crippen LogP contribution in [0.25, 0.3) is 0 Å². The number of hydrogen-bond acceptors (Lipinski definition) is 4. The SMILES string of the molecule is COc1ccc(CC(=O)N2[C@H]3CC[C@@H]2[C@@](CO)(Cc2ccccc2)C3)cc1OC. The number of rotatable bonds is 7. The van der Waals surface area contributed by atoms with Crippen molar-refractivity contribution in [3.05, 3.63) is 59.7 Å². The molecule has 2 aliphatic rings. The minimum atomic E-state index is -0.239. The molecule has 2 heterocycles. The first-order valence-corrected chi connectivity index (χ1v) is 10.3. The monoisotopic (exact) mass is 395 g/mol. The number of aliphatic hydroxyl groups is 1. The van der Waals surface area contributed by atoms with E-state index < -0.39 is 0 Å². The van der Waals surface area contributed by atoms with Crippen molar-refractivity contribution in [2.45, 2.75) is 44.2 Å². The number of amides is 1. The molecule has 4 rings (SSSR count). The third kappa shape index (κ3) is 3.60. The molecule has 0 aromatic heterocycles. The molecule has 5 heteroatoms. The lowest BCUT2D eigenvalue weighted by Gasteiger charge is -2.36. The third-order valence-corrected chi connectivity index (χ3v) is 6.66. The Kier molecular flexibility index (Phi) is 5.50. The van der Waals surface area contributed by atoms with Crippen LogP contribution in [0, 0.1) is 5.41 Å². The number of aliphatic hydroxyl groups excluding tert-OH is 1. The van der Waals surface area contributed by atoms with Crippen molar-refractivity contribution in [3.8, 4) is 11.5 Å². The molecule has 29 heavy (non-hydrogen) atoms. The van der Waals surface area contributed by atoms with Crippen LogP contribution >= 0.6 is 0 Å². The minimum Gasteiger partial charge on any atom is -0.493 e. The van der Waals surface area contributed by atoms with E-state index >= 15 is 0 Å². The standard InChI is InChI=1S/C24H29NO4/c1-28-20-10-8-18(12-21(20)29-2)13-23(27)25-19-9-11-22(25)24(15-19,16-26)14-17-6-4-3-5-7-17/h3-8,10,12,19,22,26H,9,11,13-16H2,1-2H3/t19-,22+,24-/m0/s1. The smallest absolute Gasteiger partial charge is 0.227 e. The summed E-state index contributed by atoms with van der Waals surface area (Å²) in [5.41, 5.74) is 1.90. The summed E-state index contributed by atoms with van der Waals surface area (Å²) in [5.74, 6) is 1.43. The quantitative estimate of drug-likeness (QED) is 0.782. The van der Waals surface area contributed by atoms with E-state index in [1.54, 1.807) is 14.2 Å². The first kappa shape index (κ1) is 19.8. The van der Waals surface area contributed by atoms with Gasteiger partial charge in [0, 0.05) is 17.5 Å². The number of ether oxygens (including phenoxy) is 2. The van der Waals surface area contributed by atoms with Gasteiger partial charge in [0.1, 0.15) is 0 Å². The maximum atomic E-state index is 13.3. The van der Waals surface area contributed by atoms with Crippen LogP contribution in [0.1, 0.15) is 30.4 Å². The van der Waals surface area contributed by atoms with Gasteiger partial charge < -0.3 is 19.5 Å². The van der Waals surface area contributed by atoms with Crippen LogP contribution < -0.4 is 9.47 Å². The summed E-state index contributed by atoms with van der Waals surface area (Å²) >= 11 is 0. The Morgan fingerprint density at radius 3 is 2.52 bits per heavy atom. The largest absolute Gasteiger partial charge is 0.493 e. The molecule has 154 valence electrons. The second kappa shape index (κ2) is 8.07. The number of carbonyl (C=O) groups is 1. The summed E-state index contributed by atoms with van der Waals surface area (Å²) in [7, 11) is 3.20. The molecule has 2 bridgehead atoms. The number of fused-ring (bicyclic) bond motifs is 2. The van der Waals surface area contributed by atoms with Crippen molar-refractivity contribution in [2.24, 2.45) is 5.41 Å². The van der Waals surface area contributed by atoms with Crippen molar-refractivity contribution in [1.29, 1.82) is 0 Å². The second-order valence-corrected chi connectivity index (χ2v) is 8.30. The Hall–Kier alpha value is -2.53. The van der Waals surface area contributed by atoms with E-state index in [0.717, 1.165) is 31.2 Å². The number of benzene rings is 2. The average molecular weight is 395 g/mol. The van der Waals surface area contributed by atoms with Gasteiger partial charge in [-0.2, -0.15) is 0 Å². The van der Waals surface area contributed by atoms with Gasteiger partial charge in [-0.05, 0) is 48.9 Å². The second-order valence-electron chi connectivity index (χ2n) is 8.30. The predicted molar refractivity (Wildman–Crippen MR) is 111 cm³/mol. The lowest BCUT2D eigenvalue weighted by molar-refractivity contribution is -0.132. The van der Waals surface area contributed by atoms with Crippen LogP contribution in [0.2, 0.25) is 0 Å². The van der Waals surface area contributed by atoms with E-state index in [2.05, 4.69) is 17.0 Å². The van der Waals surface area contributed by atoms with Crippen LogP contribution in [0.5, 0.6) is 11.5 Å². The summed E-state index contributed by atoms with van der Waals surface area (Å²) in [4.78, 5) is 15.3. The summed E-state index contributed by atoms with van der Waals surface area (Å²) in [6.07, 6.45) is 4.02. The van der Waals surface area contributed by atoms with Gasteiger partial charge in [0.05, 0.1) is 27.2 Å². The normalized spacial score (nSPS) is 25.3. The Morgan fingerprint density at radius 1 is 1.07 bits per heavy atom. The topological polar surface area (TPSA) is 59.0 Å². The van der Waals surface area contributed by atoms with Crippen LogP contribution in [0.4, 0.5) is 0 Å². The summed E-state index contributed by atoms with van der Waals surface area (Å²) < 4.78 is 10.7. The zero-order valence-electron chi connectivity index (χ0n) is 17.1. The Bertz CT molecular complexity index is 868. The van der Waals surface area contributed by atoms with E-state index in [-0.39, 0.29) is 30.0 Å². The molecular weight excluding hydrogens is 366 g/mol. The van der Waals surface area contributed by atoms with Gasteiger partial charge in [-0.25, -0.2) is 0 Å². The molecule has 0 spiro atoms. The summed E-state index contributed by atoms with van der Waals surface area (Å²) in [5, 5.41) is 10.3. The number of hydrogen-bond donors (Lipinski definition) is 1. The Labute approximate surface area is 172 Å². The number of carbonyl (C=O) groups excluding carboxylic acids is 1. The summed E-state index contributed by atoms with van der Waals surface area (Å²) in [6, 6.07) is 16.3. The minimum absolute atomic E-state index is 0.102. The molecule has 3 atom stereocenters. The zero-order valence-corrected chi connectivity index (χ0v) is 17.1. The molecule has 0 saturated carbocycles. The molecule has 1 N–H and O–H groups in total. The van der Waals surface area contributed by atoms with E-state index in [1.807, 2.05) is 36.4 Å². The lowest BCUT2D eigenvalue weighted by Crippen LogP contribution is -2.44. The fourth-order valence-electron chi connectivity index (χ4n) is 5.34. The highest BCUT2D eigenvalue weighted by molar-refractivity contribution is 5.80. The highest BCUT2D eigenvalue weighted by Crippen LogP contribution is 2.51. The molecule has 5 nitrogen and oxygen atoms in total. The predicted octanol–water partition coefficient (Wildman–Crippen LogP) is 3.23. The molecule has 2 saturated heterocycles. The van der Waals surface area contributed by atoms with E-state index in [4.69, 9.17) is 9.47 Å². The van der Waals surface area contributed by atoms with Crippen LogP contribution in [-0.2, 0) is 17.6 Å². The molecule has 2 fully saturated rings. The van der Waals surface area contributed by atoms with Gasteiger partial charge in [0.15, 0.2) is 11.5 Å². The first-order valence-electron chi connectivity index (χ1n) is 10.3. The number of methoxy groups -OCH3 is 2. The van der Waals surface area contributed by atoms with Gasteiger partial charge in [-0.3, -0.25) is 4.79 Å². The maximum absolute atomic E-state index is 13.3. The zero-order chi connectivity index (χ0) is 20.4. The highest BCUT2D eigenvalue weighted by Gasteiger charge is 2.56. The first-order chi connectivity index (χ1) is 14.1. The highest BCUT2D eigenvalue weighted by atomic mass is 16.5. The van der Waals surface area contributed by atoms with Crippen molar-refractivity contribution >= 4 is 5.91 Å². The summed E-state index contributed by atoms with van der Waals surface area (Å²) in [6.45, 7) is 0.114. The van der Waals surface area contributed by atoms with Crippen molar-refractivity contribution in [3.63, 3.8) is 0 Å². The molecule has 0 radical (unpaired) electrons. The van der Waals surface area contributed by atoms with E-state index in [0.29, 0.717) is 17.9 Å². The van der Waals surface area contributed by atoms with Crippen molar-refractivity contribution in [1.82, 2.24) is 4.90 Å². The van der Waals surface area contributed by atoms with Gasteiger partial charge in [0.25, 0.3) is 0 Å². The molecule has 1 amide bonds. The van der Waals surface area contributed by atoms with Crippen molar-refractivity contribution < 1.29 is 19.4 Å². The lowest BCUT2D eigenvalue weighted by atomic mass is 9.70. The van der Waals surface area contributed by atoms with Gasteiger partial charge >= 0.3 is 0 Å². The van der Waals surface area contributed by atoms with E-state index in [9.17, 15) is 9.90 Å². The number of nitrogens with zero attached hydrogens (tertiary/aromatic N) is 1. The van der Waals surface area contributed by atoms with Gasteiger partial charge in [0.2, 0.25) is 5.91 Å². The van der Waals surface area contributed by atoms with Crippen LogP contribution in [0.15, 0.2) is 48.5 Å². The molecule has 2 aliphatic heterocycles. The third-order valence-electron chi connectivity index (χ3n) is 6.66. The van der Waals surface area contributed by atoms with E-state index in [1.165, 1.54) is 5.56 Å². The molecular formula is C24H29NO4. The fourth-order valence-corrected chi connectivity index (χ4v) is 5.34. The molecule has 0 unspecified atom stereocenters. The van der Waals surface area contributed by atoms with Gasteiger partial charge in [-0.1, -0.05) is 36.4 Å².